The third kappa shape index (κ3) is 7.54. The number of hydrogen-bond acceptors (Lipinski definition) is 4. The average molecular weight is 476 g/mol. The number of hydrogen-bond donors (Lipinski definition) is 2. The van der Waals surface area contributed by atoms with Crippen molar-refractivity contribution in [1.82, 2.24) is 10.2 Å². The first-order valence-corrected chi connectivity index (χ1v) is 12.1. The quantitative estimate of drug-likeness (QED) is 0.605. The van der Waals surface area contributed by atoms with Crippen molar-refractivity contribution < 1.29 is 9.59 Å². The molecule has 0 bridgehead atoms. The smallest absolute Gasteiger partial charge is 0.246 e. The summed E-state index contributed by atoms with van der Waals surface area (Å²) in [6.45, 7) is 4.74. The number of halogens is 1. The van der Waals surface area contributed by atoms with E-state index in [0.29, 0.717) is 24.8 Å². The molecule has 0 spiro atoms. The van der Waals surface area contributed by atoms with Crippen LogP contribution in [0.2, 0.25) is 0 Å². The highest BCUT2D eigenvalue weighted by Crippen LogP contribution is 2.28. The Labute approximate surface area is 201 Å². The van der Waals surface area contributed by atoms with Gasteiger partial charge in [0, 0.05) is 24.6 Å². The van der Waals surface area contributed by atoms with E-state index in [1.54, 1.807) is 25.6 Å². The van der Waals surface area contributed by atoms with E-state index in [1.165, 1.54) is 11.1 Å². The van der Waals surface area contributed by atoms with E-state index in [-0.39, 0.29) is 24.2 Å². The Kier molecular flexibility index (Phi) is 10.1. The number of benzene rings is 2. The highest BCUT2D eigenvalue weighted by atomic mass is 35.5. The summed E-state index contributed by atoms with van der Waals surface area (Å²) in [6.07, 6.45) is 1.88. The van der Waals surface area contributed by atoms with Crippen LogP contribution in [0, 0.1) is 0 Å². The highest BCUT2D eigenvalue weighted by Gasteiger charge is 2.32. The fourth-order valence-electron chi connectivity index (χ4n) is 3.77. The molecule has 1 fully saturated rings. The molecule has 0 saturated carbocycles. The topological polar surface area (TPSA) is 75.4 Å². The summed E-state index contributed by atoms with van der Waals surface area (Å²) >= 11 is 1.65. The van der Waals surface area contributed by atoms with Crippen LogP contribution < -0.4 is 11.1 Å². The van der Waals surface area contributed by atoms with Gasteiger partial charge in [-0.2, -0.15) is 11.8 Å². The zero-order valence-electron chi connectivity index (χ0n) is 18.8. The normalized spacial score (nSPS) is 15.5. The van der Waals surface area contributed by atoms with E-state index in [1.807, 2.05) is 29.2 Å². The molecule has 3 N–H and O–H groups in total. The molecule has 2 aromatic carbocycles. The van der Waals surface area contributed by atoms with Crippen LogP contribution in [0.25, 0.3) is 0 Å². The predicted octanol–water partition coefficient (Wildman–Crippen LogP) is 3.97. The van der Waals surface area contributed by atoms with Crippen molar-refractivity contribution >= 4 is 36.0 Å². The summed E-state index contributed by atoms with van der Waals surface area (Å²) in [5, 5.41) is 2.91. The molecule has 3 rings (SSSR count). The first kappa shape index (κ1) is 26.2. The molecule has 2 amide bonds. The standard InChI is InChI=1S/C25H33N3O2S.ClH/c1-25(2,26)24(30)27-22(18-31-17-19-9-5-3-6-10-19)23(29)28-15-13-21(14-16-28)20-11-7-4-8-12-20;/h3-12,21-22H,13-18,26H2,1-2H3,(H,27,30);1H. The second kappa shape index (κ2) is 12.3. The molecule has 1 heterocycles. The molecule has 0 radical (unpaired) electrons. The number of piperidine rings is 1. The SMILES string of the molecule is CC(C)(N)C(=O)NC(CSCc1ccccc1)C(=O)N1CCC(c2ccccc2)CC1.Cl. The van der Waals surface area contributed by atoms with Crippen LogP contribution in [0.15, 0.2) is 60.7 Å². The maximum atomic E-state index is 13.3. The average Bonchev–Trinajstić information content (AvgIpc) is 2.78. The van der Waals surface area contributed by atoms with Crippen molar-refractivity contribution in [2.75, 3.05) is 18.8 Å². The highest BCUT2D eigenvalue weighted by molar-refractivity contribution is 7.98. The van der Waals surface area contributed by atoms with Crippen molar-refractivity contribution in [2.45, 2.75) is 49.9 Å². The van der Waals surface area contributed by atoms with E-state index in [0.717, 1.165) is 18.6 Å². The van der Waals surface area contributed by atoms with Crippen molar-refractivity contribution in [3.63, 3.8) is 0 Å². The second-order valence-corrected chi connectivity index (χ2v) is 9.79. The molecule has 0 aromatic heterocycles. The Hall–Kier alpha value is -2.02. The van der Waals surface area contributed by atoms with Crippen LogP contribution in [-0.4, -0.2) is 47.1 Å². The summed E-state index contributed by atoms with van der Waals surface area (Å²) in [4.78, 5) is 27.7. The van der Waals surface area contributed by atoms with Crippen molar-refractivity contribution in [2.24, 2.45) is 5.73 Å². The van der Waals surface area contributed by atoms with Gasteiger partial charge in [-0.3, -0.25) is 9.59 Å². The van der Waals surface area contributed by atoms with Crippen molar-refractivity contribution in [3.05, 3.63) is 71.8 Å². The Balaban J connectivity index is 0.00000363. The van der Waals surface area contributed by atoms with E-state index in [2.05, 4.69) is 41.7 Å². The predicted molar refractivity (Wildman–Crippen MR) is 135 cm³/mol. The number of nitrogens with zero attached hydrogens (tertiary/aromatic N) is 1. The van der Waals surface area contributed by atoms with Crippen LogP contribution in [0.1, 0.15) is 43.7 Å². The number of carbonyl (C=O) groups excluding carboxylic acids is 2. The minimum Gasteiger partial charge on any atom is -0.342 e. The molecule has 7 heteroatoms. The molecule has 1 aliphatic heterocycles. The van der Waals surface area contributed by atoms with Gasteiger partial charge in [0.05, 0.1) is 5.54 Å². The molecule has 1 atom stereocenters. The molecule has 2 aromatic rings. The van der Waals surface area contributed by atoms with Gasteiger partial charge in [-0.15, -0.1) is 12.4 Å². The summed E-state index contributed by atoms with van der Waals surface area (Å²) in [7, 11) is 0. The molecule has 5 nitrogen and oxygen atoms in total. The molecule has 32 heavy (non-hydrogen) atoms. The van der Waals surface area contributed by atoms with Crippen LogP contribution in [0.3, 0.4) is 0 Å². The third-order valence-corrected chi connectivity index (χ3v) is 6.77. The van der Waals surface area contributed by atoms with Gasteiger partial charge < -0.3 is 16.0 Å². The largest absolute Gasteiger partial charge is 0.342 e. The zero-order valence-corrected chi connectivity index (χ0v) is 20.5. The fraction of sp³-hybridized carbons (Fsp3) is 0.440. The van der Waals surface area contributed by atoms with Crippen LogP contribution in [0.4, 0.5) is 0 Å². The number of nitrogens with one attached hydrogen (secondary N) is 1. The zero-order chi connectivity index (χ0) is 22.3. The fourth-order valence-corrected chi connectivity index (χ4v) is 4.77. The number of nitrogens with two attached hydrogens (primary N) is 1. The molecule has 174 valence electrons. The van der Waals surface area contributed by atoms with Gasteiger partial charge in [-0.1, -0.05) is 60.7 Å². The number of carbonyl (C=O) groups is 2. The Bertz CT molecular complexity index is 850. The monoisotopic (exact) mass is 475 g/mol. The molecular formula is C25H34ClN3O2S. The lowest BCUT2D eigenvalue weighted by Crippen LogP contribution is -2.57. The van der Waals surface area contributed by atoms with Gasteiger partial charge in [0.25, 0.3) is 0 Å². The summed E-state index contributed by atoms with van der Waals surface area (Å²) in [5.41, 5.74) is 7.48. The molecular weight excluding hydrogens is 442 g/mol. The maximum absolute atomic E-state index is 13.3. The van der Waals surface area contributed by atoms with Crippen molar-refractivity contribution in [1.29, 1.82) is 0 Å². The van der Waals surface area contributed by atoms with Gasteiger partial charge in [0.1, 0.15) is 6.04 Å². The van der Waals surface area contributed by atoms with Crippen LogP contribution in [-0.2, 0) is 15.3 Å². The Morgan fingerprint density at radius 2 is 1.62 bits per heavy atom. The van der Waals surface area contributed by atoms with Gasteiger partial charge in [-0.25, -0.2) is 0 Å². The molecule has 1 aliphatic rings. The van der Waals surface area contributed by atoms with E-state index in [9.17, 15) is 9.59 Å². The Morgan fingerprint density at radius 3 is 2.19 bits per heavy atom. The van der Waals surface area contributed by atoms with Gasteiger partial charge in [0.15, 0.2) is 0 Å². The van der Waals surface area contributed by atoms with Crippen LogP contribution >= 0.6 is 24.2 Å². The first-order valence-electron chi connectivity index (χ1n) is 10.9. The van der Waals surface area contributed by atoms with E-state index in [4.69, 9.17) is 5.73 Å². The lowest BCUT2D eigenvalue weighted by molar-refractivity contribution is -0.137. The third-order valence-electron chi connectivity index (χ3n) is 5.66. The lowest BCUT2D eigenvalue weighted by Gasteiger charge is -2.35. The second-order valence-electron chi connectivity index (χ2n) is 8.76. The first-order chi connectivity index (χ1) is 14.8. The summed E-state index contributed by atoms with van der Waals surface area (Å²) in [6, 6.07) is 20.1. The number of likely N-dealkylation sites (tertiary alicyclic amines) is 1. The molecule has 0 aliphatic carbocycles. The van der Waals surface area contributed by atoms with E-state index < -0.39 is 11.6 Å². The molecule has 1 unspecified atom stereocenters. The van der Waals surface area contributed by atoms with Crippen molar-refractivity contribution in [3.8, 4) is 0 Å². The van der Waals surface area contributed by atoms with Gasteiger partial charge in [0.2, 0.25) is 11.8 Å². The van der Waals surface area contributed by atoms with Gasteiger partial charge >= 0.3 is 0 Å². The number of rotatable bonds is 8. The van der Waals surface area contributed by atoms with Gasteiger partial charge in [-0.05, 0) is 43.7 Å². The molecule has 1 saturated heterocycles. The maximum Gasteiger partial charge on any atom is 0.246 e. The minimum atomic E-state index is -1.02. The Morgan fingerprint density at radius 1 is 1.06 bits per heavy atom. The number of thioether (sulfide) groups is 1. The lowest BCUT2D eigenvalue weighted by atomic mass is 9.89. The van der Waals surface area contributed by atoms with E-state index >= 15 is 0 Å². The van der Waals surface area contributed by atoms with Crippen LogP contribution in [0.5, 0.6) is 0 Å². The minimum absolute atomic E-state index is 0. The summed E-state index contributed by atoms with van der Waals surface area (Å²) < 4.78 is 0. The number of amides is 2. The summed E-state index contributed by atoms with van der Waals surface area (Å²) in [5.74, 6) is 1.49.